The Labute approximate surface area is 194 Å². The van der Waals surface area contributed by atoms with Crippen LogP contribution in [0.5, 0.6) is 11.5 Å². The van der Waals surface area contributed by atoms with Gasteiger partial charge in [0.05, 0.1) is 26.5 Å². The van der Waals surface area contributed by atoms with Crippen molar-refractivity contribution in [2.45, 2.75) is 32.7 Å². The molecule has 1 N–H and O–H groups in total. The van der Waals surface area contributed by atoms with E-state index in [0.717, 1.165) is 24.2 Å². The van der Waals surface area contributed by atoms with Crippen LogP contribution in [-0.2, 0) is 12.0 Å². The van der Waals surface area contributed by atoms with Crippen molar-refractivity contribution in [1.29, 1.82) is 0 Å². The molecular formula is C25H32N4O4. The van der Waals surface area contributed by atoms with E-state index in [1.54, 1.807) is 37.3 Å². The molecule has 3 aromatic rings. The van der Waals surface area contributed by atoms with Crippen LogP contribution in [0.3, 0.4) is 0 Å². The lowest BCUT2D eigenvalue weighted by molar-refractivity contribution is 0.136. The van der Waals surface area contributed by atoms with Crippen LogP contribution < -0.4 is 14.8 Å². The van der Waals surface area contributed by atoms with Gasteiger partial charge in [-0.1, -0.05) is 26.8 Å². The maximum Gasteiger partial charge on any atom is 0.322 e. The molecule has 176 valence electrons. The smallest absolute Gasteiger partial charge is 0.322 e. The summed E-state index contributed by atoms with van der Waals surface area (Å²) in [6.07, 6.45) is 0. The zero-order valence-corrected chi connectivity index (χ0v) is 20.0. The van der Waals surface area contributed by atoms with Gasteiger partial charge in [0.25, 0.3) is 0 Å². The number of aromatic nitrogens is 1. The van der Waals surface area contributed by atoms with E-state index >= 15 is 0 Å². The van der Waals surface area contributed by atoms with E-state index in [0.29, 0.717) is 42.7 Å². The largest absolute Gasteiger partial charge is 0.497 e. The summed E-state index contributed by atoms with van der Waals surface area (Å²) in [5.41, 5.74) is 3.59. The summed E-state index contributed by atoms with van der Waals surface area (Å²) in [4.78, 5) is 21.6. The average Bonchev–Trinajstić information content (AvgIpc) is 3.20. The van der Waals surface area contributed by atoms with Crippen LogP contribution in [0.15, 0.2) is 40.8 Å². The van der Waals surface area contributed by atoms with E-state index in [2.05, 4.69) is 43.1 Å². The van der Waals surface area contributed by atoms with E-state index in [1.807, 2.05) is 6.07 Å². The van der Waals surface area contributed by atoms with Crippen LogP contribution in [0.4, 0.5) is 10.5 Å². The highest BCUT2D eigenvalue weighted by atomic mass is 16.5. The molecule has 2 heterocycles. The Morgan fingerprint density at radius 3 is 2.48 bits per heavy atom. The second-order valence-electron chi connectivity index (χ2n) is 9.30. The van der Waals surface area contributed by atoms with Gasteiger partial charge in [-0.05, 0) is 35.2 Å². The number of amides is 2. The summed E-state index contributed by atoms with van der Waals surface area (Å²) in [5.74, 6) is 1.95. The number of methoxy groups -OCH3 is 2. The number of oxazole rings is 1. The molecule has 1 aliphatic heterocycles. The number of urea groups is 1. The van der Waals surface area contributed by atoms with Gasteiger partial charge in [-0.15, -0.1) is 0 Å². The van der Waals surface area contributed by atoms with Gasteiger partial charge in [-0.3, -0.25) is 4.90 Å². The van der Waals surface area contributed by atoms with E-state index in [-0.39, 0.29) is 11.4 Å². The van der Waals surface area contributed by atoms with Crippen molar-refractivity contribution in [1.82, 2.24) is 14.8 Å². The predicted octanol–water partition coefficient (Wildman–Crippen LogP) is 4.49. The summed E-state index contributed by atoms with van der Waals surface area (Å²) in [7, 11) is 3.17. The number of nitrogens with one attached hydrogen (secondary N) is 1. The van der Waals surface area contributed by atoms with E-state index < -0.39 is 0 Å². The molecule has 0 aliphatic carbocycles. The number of hydrogen-bond acceptors (Lipinski definition) is 6. The molecule has 2 amide bonds. The predicted molar refractivity (Wildman–Crippen MR) is 128 cm³/mol. The lowest BCUT2D eigenvalue weighted by Gasteiger charge is -2.34. The fraction of sp³-hybridized carbons (Fsp3) is 0.440. The molecule has 0 saturated carbocycles. The summed E-state index contributed by atoms with van der Waals surface area (Å²) >= 11 is 0. The Balaban J connectivity index is 1.35. The summed E-state index contributed by atoms with van der Waals surface area (Å²) < 4.78 is 16.6. The van der Waals surface area contributed by atoms with Crippen LogP contribution in [0, 0.1) is 0 Å². The molecule has 4 rings (SSSR count). The van der Waals surface area contributed by atoms with Gasteiger partial charge in [-0.2, -0.15) is 0 Å². The van der Waals surface area contributed by atoms with Crippen molar-refractivity contribution in [3.63, 3.8) is 0 Å². The molecular weight excluding hydrogens is 420 g/mol. The number of hydrogen-bond donors (Lipinski definition) is 1. The zero-order chi connectivity index (χ0) is 23.6. The van der Waals surface area contributed by atoms with E-state index in [1.165, 1.54) is 5.56 Å². The Kier molecular flexibility index (Phi) is 6.47. The Bertz CT molecular complexity index is 1130. The molecule has 0 radical (unpaired) electrons. The first-order valence-corrected chi connectivity index (χ1v) is 11.2. The van der Waals surface area contributed by atoms with Crippen molar-refractivity contribution in [3.05, 3.63) is 47.9 Å². The van der Waals surface area contributed by atoms with Crippen LogP contribution in [0.25, 0.3) is 11.1 Å². The summed E-state index contributed by atoms with van der Waals surface area (Å²) in [6, 6.07) is 11.4. The lowest BCUT2D eigenvalue weighted by atomic mass is 9.87. The molecule has 1 aromatic heterocycles. The average molecular weight is 453 g/mol. The van der Waals surface area contributed by atoms with Crippen LogP contribution in [0.1, 0.15) is 32.2 Å². The highest BCUT2D eigenvalue weighted by Crippen LogP contribution is 2.29. The zero-order valence-electron chi connectivity index (χ0n) is 20.0. The third-order valence-electron chi connectivity index (χ3n) is 5.96. The Hall–Kier alpha value is -3.26. The molecule has 0 unspecified atom stereocenters. The molecule has 1 aliphatic rings. The number of piperazine rings is 1. The number of rotatable bonds is 5. The number of anilines is 1. The van der Waals surface area contributed by atoms with Gasteiger partial charge in [0.15, 0.2) is 5.58 Å². The van der Waals surface area contributed by atoms with Crippen molar-refractivity contribution in [2.75, 3.05) is 45.7 Å². The molecule has 2 aromatic carbocycles. The highest BCUT2D eigenvalue weighted by Gasteiger charge is 2.24. The first-order valence-electron chi connectivity index (χ1n) is 11.2. The topological polar surface area (TPSA) is 80.1 Å². The standard InChI is InChI=1S/C25H32N4O4/c1-25(2,3)17-6-8-22-19(14-17)26-23(33-22)16-28-10-12-29(13-11-28)24(30)27-20-15-18(31-4)7-9-21(20)32-5/h6-9,14-15H,10-13,16H2,1-5H3,(H,27,30). The number of ether oxygens (including phenoxy) is 2. The number of nitrogens with zero attached hydrogens (tertiary/aromatic N) is 3. The SMILES string of the molecule is COc1ccc(OC)c(NC(=O)N2CCN(Cc3nc4cc(C(C)(C)C)ccc4o3)CC2)c1. The highest BCUT2D eigenvalue weighted by molar-refractivity contribution is 5.91. The lowest BCUT2D eigenvalue weighted by Crippen LogP contribution is -2.49. The molecule has 0 spiro atoms. The maximum atomic E-state index is 12.8. The fourth-order valence-corrected chi connectivity index (χ4v) is 3.92. The van der Waals surface area contributed by atoms with Crippen molar-refractivity contribution in [3.8, 4) is 11.5 Å². The monoisotopic (exact) mass is 452 g/mol. The third kappa shape index (κ3) is 5.22. The van der Waals surface area contributed by atoms with E-state index in [9.17, 15) is 4.79 Å². The summed E-state index contributed by atoms with van der Waals surface area (Å²) in [6.45, 7) is 9.92. The Morgan fingerprint density at radius 2 is 1.82 bits per heavy atom. The Morgan fingerprint density at radius 1 is 1.06 bits per heavy atom. The number of fused-ring (bicyclic) bond motifs is 1. The third-order valence-corrected chi connectivity index (χ3v) is 5.96. The number of carbonyl (C=O) groups is 1. The molecule has 8 heteroatoms. The van der Waals surface area contributed by atoms with Crippen LogP contribution >= 0.6 is 0 Å². The van der Waals surface area contributed by atoms with Crippen LogP contribution in [-0.4, -0.2) is 61.2 Å². The van der Waals surface area contributed by atoms with Gasteiger partial charge >= 0.3 is 6.03 Å². The first kappa shape index (κ1) is 22.9. The molecule has 33 heavy (non-hydrogen) atoms. The second-order valence-corrected chi connectivity index (χ2v) is 9.30. The van der Waals surface area contributed by atoms with Crippen molar-refractivity contribution >= 4 is 22.8 Å². The molecule has 1 saturated heterocycles. The van der Waals surface area contributed by atoms with Gasteiger partial charge in [0.2, 0.25) is 5.89 Å². The summed E-state index contributed by atoms with van der Waals surface area (Å²) in [5, 5.41) is 2.94. The normalized spacial score (nSPS) is 15.0. The van der Waals surface area contributed by atoms with Crippen molar-refractivity contribution < 1.29 is 18.7 Å². The van der Waals surface area contributed by atoms with Crippen molar-refractivity contribution in [2.24, 2.45) is 0 Å². The van der Waals surface area contributed by atoms with Gasteiger partial charge in [-0.25, -0.2) is 9.78 Å². The molecule has 8 nitrogen and oxygen atoms in total. The molecule has 1 fully saturated rings. The minimum atomic E-state index is -0.155. The van der Waals surface area contributed by atoms with E-state index in [4.69, 9.17) is 18.9 Å². The quantitative estimate of drug-likeness (QED) is 0.614. The number of carbonyl (C=O) groups excluding carboxylic acids is 1. The van der Waals surface area contributed by atoms with Gasteiger partial charge in [0.1, 0.15) is 17.0 Å². The number of benzene rings is 2. The molecule has 0 bridgehead atoms. The minimum Gasteiger partial charge on any atom is -0.497 e. The second kappa shape index (κ2) is 9.31. The van der Waals surface area contributed by atoms with Crippen LogP contribution in [0.2, 0.25) is 0 Å². The fourth-order valence-electron chi connectivity index (χ4n) is 3.92. The first-order chi connectivity index (χ1) is 15.8. The van der Waals surface area contributed by atoms with Gasteiger partial charge in [0, 0.05) is 32.2 Å². The molecule has 0 atom stereocenters. The maximum absolute atomic E-state index is 12.8. The van der Waals surface area contributed by atoms with Gasteiger partial charge < -0.3 is 24.1 Å². The minimum absolute atomic E-state index is 0.0686.